The van der Waals surface area contributed by atoms with E-state index < -0.39 is 5.60 Å². The van der Waals surface area contributed by atoms with Gasteiger partial charge in [-0.25, -0.2) is 0 Å². The van der Waals surface area contributed by atoms with Crippen molar-refractivity contribution < 1.29 is 9.90 Å². The minimum absolute atomic E-state index is 0.173. The second-order valence-electron chi connectivity index (χ2n) is 6.62. The number of likely N-dealkylation sites (tertiary alicyclic amines) is 1. The van der Waals surface area contributed by atoms with Gasteiger partial charge in [-0.3, -0.25) is 9.69 Å². The maximum Gasteiger partial charge on any atom is 0.221 e. The predicted octanol–water partition coefficient (Wildman–Crippen LogP) is 1.53. The lowest BCUT2D eigenvalue weighted by atomic mass is 9.83. The largest absolute Gasteiger partial charge is 0.387 e. The molecule has 0 spiro atoms. The zero-order valence-corrected chi connectivity index (χ0v) is 12.3. The van der Waals surface area contributed by atoms with Crippen molar-refractivity contribution in [1.82, 2.24) is 10.2 Å². The zero-order valence-electron chi connectivity index (χ0n) is 12.3. The fraction of sp³-hybridized carbons (Fsp3) is 0.933. The van der Waals surface area contributed by atoms with E-state index in [0.717, 1.165) is 19.4 Å². The summed E-state index contributed by atoms with van der Waals surface area (Å²) in [5.41, 5.74) is -0.528. The molecule has 4 heteroatoms. The first-order valence-electron chi connectivity index (χ1n) is 7.74. The molecule has 1 heterocycles. The number of β-amino-alcohol motifs (C(OH)–C–C–N with tert-alkyl or cyclic N) is 1. The van der Waals surface area contributed by atoms with Gasteiger partial charge >= 0.3 is 0 Å². The highest BCUT2D eigenvalue weighted by molar-refractivity contribution is 5.76. The Morgan fingerprint density at radius 2 is 1.95 bits per heavy atom. The first-order chi connectivity index (χ1) is 8.99. The summed E-state index contributed by atoms with van der Waals surface area (Å²) in [6.07, 6.45) is 6.65. The Balaban J connectivity index is 1.60. The molecule has 0 unspecified atom stereocenters. The topological polar surface area (TPSA) is 52.6 Å². The molecule has 4 nitrogen and oxygen atoms in total. The summed E-state index contributed by atoms with van der Waals surface area (Å²) >= 11 is 0. The molecule has 1 amide bonds. The highest BCUT2D eigenvalue weighted by atomic mass is 16.3. The summed E-state index contributed by atoms with van der Waals surface area (Å²) in [6, 6.07) is 0.408. The highest BCUT2D eigenvalue weighted by Crippen LogP contribution is 2.28. The molecule has 0 radical (unpaired) electrons. The molecular formula is C15H28N2O2. The second kappa shape index (κ2) is 6.23. The van der Waals surface area contributed by atoms with Gasteiger partial charge in [0, 0.05) is 32.1 Å². The average molecular weight is 268 g/mol. The Morgan fingerprint density at radius 1 is 1.32 bits per heavy atom. The van der Waals surface area contributed by atoms with Crippen LogP contribution in [0.2, 0.25) is 0 Å². The first-order valence-corrected chi connectivity index (χ1v) is 7.74. The van der Waals surface area contributed by atoms with Gasteiger partial charge in [-0.2, -0.15) is 0 Å². The van der Waals surface area contributed by atoms with Gasteiger partial charge in [0.25, 0.3) is 0 Å². The van der Waals surface area contributed by atoms with Crippen LogP contribution in [-0.4, -0.2) is 47.2 Å². The van der Waals surface area contributed by atoms with Crippen LogP contribution in [0.4, 0.5) is 0 Å². The molecule has 2 aliphatic rings. The molecule has 1 saturated heterocycles. The summed E-state index contributed by atoms with van der Waals surface area (Å²) in [4.78, 5) is 14.0. The quantitative estimate of drug-likeness (QED) is 0.795. The van der Waals surface area contributed by atoms with Gasteiger partial charge in [0.15, 0.2) is 0 Å². The Bertz CT molecular complexity index is 305. The minimum atomic E-state index is -0.528. The number of carbonyl (C=O) groups is 1. The fourth-order valence-electron chi connectivity index (χ4n) is 3.06. The molecule has 2 rings (SSSR count). The van der Waals surface area contributed by atoms with Crippen molar-refractivity contribution in [3.05, 3.63) is 0 Å². The third-order valence-electron chi connectivity index (χ3n) is 4.69. The number of nitrogens with zero attached hydrogens (tertiary/aromatic N) is 1. The van der Waals surface area contributed by atoms with E-state index in [2.05, 4.69) is 10.2 Å². The highest BCUT2D eigenvalue weighted by Gasteiger charge is 2.43. The molecule has 19 heavy (non-hydrogen) atoms. The van der Waals surface area contributed by atoms with E-state index in [-0.39, 0.29) is 5.91 Å². The number of nitrogens with one attached hydrogen (secondary N) is 1. The smallest absolute Gasteiger partial charge is 0.221 e. The van der Waals surface area contributed by atoms with Crippen LogP contribution in [0.15, 0.2) is 0 Å². The van der Waals surface area contributed by atoms with Crippen molar-refractivity contribution in [2.45, 2.75) is 64.0 Å². The van der Waals surface area contributed by atoms with Crippen LogP contribution in [0.3, 0.4) is 0 Å². The van der Waals surface area contributed by atoms with Crippen LogP contribution in [0.5, 0.6) is 0 Å². The second-order valence-corrected chi connectivity index (χ2v) is 6.62. The summed E-state index contributed by atoms with van der Waals surface area (Å²) in [7, 11) is 0. The monoisotopic (exact) mass is 268 g/mol. The van der Waals surface area contributed by atoms with Crippen molar-refractivity contribution >= 4 is 5.91 Å². The van der Waals surface area contributed by atoms with E-state index in [4.69, 9.17) is 0 Å². The van der Waals surface area contributed by atoms with Gasteiger partial charge in [-0.1, -0.05) is 33.1 Å². The molecule has 1 aliphatic heterocycles. The maximum atomic E-state index is 11.9. The number of aliphatic hydroxyl groups is 1. The Labute approximate surface area is 116 Å². The van der Waals surface area contributed by atoms with Crippen molar-refractivity contribution in [2.24, 2.45) is 5.92 Å². The Morgan fingerprint density at radius 3 is 2.53 bits per heavy atom. The van der Waals surface area contributed by atoms with Gasteiger partial charge in [-0.05, 0) is 18.8 Å². The van der Waals surface area contributed by atoms with Crippen molar-refractivity contribution in [1.29, 1.82) is 0 Å². The number of rotatable bonds is 5. The molecule has 0 aromatic heterocycles. The third-order valence-corrected chi connectivity index (χ3v) is 4.69. The predicted molar refractivity (Wildman–Crippen MR) is 75.9 cm³/mol. The van der Waals surface area contributed by atoms with Crippen LogP contribution in [0.25, 0.3) is 0 Å². The number of hydrogen-bond donors (Lipinski definition) is 2. The van der Waals surface area contributed by atoms with E-state index in [9.17, 15) is 9.90 Å². The first kappa shape index (κ1) is 14.8. The normalized spacial score (nSPS) is 24.2. The number of amides is 1. The van der Waals surface area contributed by atoms with E-state index in [0.29, 0.717) is 31.5 Å². The summed E-state index contributed by atoms with van der Waals surface area (Å²) in [6.45, 7) is 6.29. The van der Waals surface area contributed by atoms with Gasteiger partial charge < -0.3 is 10.4 Å². The van der Waals surface area contributed by atoms with Gasteiger partial charge in [0.05, 0.1) is 5.60 Å². The van der Waals surface area contributed by atoms with Gasteiger partial charge in [0.1, 0.15) is 0 Å². The van der Waals surface area contributed by atoms with Crippen molar-refractivity contribution in [3.8, 4) is 0 Å². The third kappa shape index (κ3) is 3.93. The SMILES string of the molecule is CC(C)C1(O)CN(CCC(=O)NC2CCCCC2)C1. The minimum Gasteiger partial charge on any atom is -0.387 e. The Kier molecular flexibility index (Phi) is 4.85. The van der Waals surface area contributed by atoms with Gasteiger partial charge in [-0.15, -0.1) is 0 Å². The van der Waals surface area contributed by atoms with Crippen molar-refractivity contribution in [2.75, 3.05) is 19.6 Å². The fourth-order valence-corrected chi connectivity index (χ4v) is 3.06. The molecular weight excluding hydrogens is 240 g/mol. The van der Waals surface area contributed by atoms with Crippen LogP contribution in [0.1, 0.15) is 52.4 Å². The molecule has 1 aliphatic carbocycles. The molecule has 0 aromatic carbocycles. The average Bonchev–Trinajstić information content (AvgIpc) is 2.34. The molecule has 0 bridgehead atoms. The molecule has 2 fully saturated rings. The lowest BCUT2D eigenvalue weighted by Gasteiger charge is -2.49. The Hall–Kier alpha value is -0.610. The van der Waals surface area contributed by atoms with Crippen LogP contribution in [0, 0.1) is 5.92 Å². The summed E-state index contributed by atoms with van der Waals surface area (Å²) < 4.78 is 0. The lowest BCUT2D eigenvalue weighted by Crippen LogP contribution is -2.64. The zero-order chi connectivity index (χ0) is 13.9. The molecule has 0 atom stereocenters. The van der Waals surface area contributed by atoms with Crippen LogP contribution < -0.4 is 5.32 Å². The summed E-state index contributed by atoms with van der Waals surface area (Å²) in [5.74, 6) is 0.465. The van der Waals surface area contributed by atoms with E-state index in [1.54, 1.807) is 0 Å². The van der Waals surface area contributed by atoms with Crippen molar-refractivity contribution in [3.63, 3.8) is 0 Å². The summed E-state index contributed by atoms with van der Waals surface area (Å²) in [5, 5.41) is 13.3. The van der Waals surface area contributed by atoms with E-state index in [1.807, 2.05) is 13.8 Å². The molecule has 1 saturated carbocycles. The van der Waals surface area contributed by atoms with E-state index in [1.165, 1.54) is 19.3 Å². The molecule has 2 N–H and O–H groups in total. The van der Waals surface area contributed by atoms with Crippen LogP contribution in [-0.2, 0) is 4.79 Å². The number of hydrogen-bond acceptors (Lipinski definition) is 3. The molecule has 0 aromatic rings. The molecule has 110 valence electrons. The van der Waals surface area contributed by atoms with Gasteiger partial charge in [0.2, 0.25) is 5.91 Å². The standard InChI is InChI=1S/C15H28N2O2/c1-12(2)15(19)10-17(11-15)9-8-14(18)16-13-6-4-3-5-7-13/h12-13,19H,3-11H2,1-2H3,(H,16,18). The number of carbonyl (C=O) groups excluding carboxylic acids is 1. The maximum absolute atomic E-state index is 11.9. The van der Waals surface area contributed by atoms with Crippen LogP contribution >= 0.6 is 0 Å². The lowest BCUT2D eigenvalue weighted by molar-refractivity contribution is -0.134. The van der Waals surface area contributed by atoms with E-state index >= 15 is 0 Å².